The van der Waals surface area contributed by atoms with Crippen LogP contribution >= 0.6 is 0 Å². The molecule has 2 rings (SSSR count). The van der Waals surface area contributed by atoms with E-state index in [2.05, 4.69) is 39.5 Å². The zero-order valence-corrected chi connectivity index (χ0v) is 17.2. The van der Waals surface area contributed by atoms with E-state index in [1.807, 2.05) is 4.90 Å². The molecule has 0 radical (unpaired) electrons. The zero-order chi connectivity index (χ0) is 18.8. The van der Waals surface area contributed by atoms with Crippen LogP contribution in [0.5, 0.6) is 0 Å². The fraction of sp³-hybridized carbons (Fsp3) is 0.905. The summed E-state index contributed by atoms with van der Waals surface area (Å²) in [5.74, 6) is 1.62. The number of carbonyl (C=O) groups is 2. The Hall–Kier alpha value is -1.06. The lowest BCUT2D eigenvalue weighted by atomic mass is 9.71. The van der Waals surface area contributed by atoms with Gasteiger partial charge in [-0.25, -0.2) is 0 Å². The molecule has 144 valence electrons. The molecule has 2 unspecified atom stereocenters. The van der Waals surface area contributed by atoms with Gasteiger partial charge in [-0.2, -0.15) is 0 Å². The Morgan fingerprint density at radius 1 is 0.920 bits per heavy atom. The van der Waals surface area contributed by atoms with Crippen LogP contribution in [0.4, 0.5) is 0 Å². The van der Waals surface area contributed by atoms with Gasteiger partial charge >= 0.3 is 0 Å². The highest BCUT2D eigenvalue weighted by Gasteiger charge is 2.36. The van der Waals surface area contributed by atoms with Gasteiger partial charge in [0.25, 0.3) is 0 Å². The number of piperidine rings is 1. The molecule has 2 aliphatic rings. The van der Waals surface area contributed by atoms with Gasteiger partial charge in [-0.3, -0.25) is 9.59 Å². The summed E-state index contributed by atoms with van der Waals surface area (Å²) in [6.45, 7) is 16.6. The van der Waals surface area contributed by atoms with Crippen LogP contribution in [0, 0.1) is 22.7 Å². The van der Waals surface area contributed by atoms with Gasteiger partial charge in [0.05, 0.1) is 0 Å². The van der Waals surface area contributed by atoms with Crippen LogP contribution in [0.25, 0.3) is 0 Å². The standard InChI is InChI=1S/C21H38N2O2/c1-16(24)22-12-7-8-18(15-22)21(5,6)11-9-19(25)23-13-10-17(14-23)20(2,3)4/h17-18H,7-15H2,1-6H3. The number of hydrogen-bond donors (Lipinski definition) is 0. The quantitative estimate of drug-likeness (QED) is 0.770. The maximum absolute atomic E-state index is 12.7. The minimum atomic E-state index is 0.104. The van der Waals surface area contributed by atoms with Crippen molar-refractivity contribution in [2.75, 3.05) is 26.2 Å². The summed E-state index contributed by atoms with van der Waals surface area (Å²) >= 11 is 0. The van der Waals surface area contributed by atoms with E-state index in [-0.39, 0.29) is 16.7 Å². The van der Waals surface area contributed by atoms with Crippen molar-refractivity contribution in [1.82, 2.24) is 9.80 Å². The smallest absolute Gasteiger partial charge is 0.222 e. The van der Waals surface area contributed by atoms with Crippen molar-refractivity contribution in [3.63, 3.8) is 0 Å². The van der Waals surface area contributed by atoms with Gasteiger partial charge < -0.3 is 9.80 Å². The third kappa shape index (κ3) is 5.21. The lowest BCUT2D eigenvalue weighted by Gasteiger charge is -2.41. The first-order chi connectivity index (χ1) is 11.5. The largest absolute Gasteiger partial charge is 0.343 e. The number of amides is 2. The van der Waals surface area contributed by atoms with Crippen molar-refractivity contribution in [2.24, 2.45) is 22.7 Å². The number of rotatable bonds is 4. The summed E-state index contributed by atoms with van der Waals surface area (Å²) in [6.07, 6.45) is 4.94. The Balaban J connectivity index is 1.85. The van der Waals surface area contributed by atoms with Gasteiger partial charge in [-0.05, 0) is 48.3 Å². The third-order valence-corrected chi connectivity index (χ3v) is 6.72. The van der Waals surface area contributed by atoms with Gasteiger partial charge in [-0.1, -0.05) is 34.6 Å². The lowest BCUT2D eigenvalue weighted by Crippen LogP contribution is -2.44. The topological polar surface area (TPSA) is 40.6 Å². The SMILES string of the molecule is CC(=O)N1CCCC(C(C)(C)CCC(=O)N2CCC(C(C)(C)C)C2)C1. The monoisotopic (exact) mass is 350 g/mol. The Labute approximate surface area is 154 Å². The predicted octanol–water partition coefficient (Wildman–Crippen LogP) is 3.95. The lowest BCUT2D eigenvalue weighted by molar-refractivity contribution is -0.133. The minimum Gasteiger partial charge on any atom is -0.343 e. The molecule has 0 spiro atoms. The first-order valence-corrected chi connectivity index (χ1v) is 10.0. The second-order valence-electron chi connectivity index (χ2n) is 9.98. The van der Waals surface area contributed by atoms with E-state index >= 15 is 0 Å². The average molecular weight is 351 g/mol. The van der Waals surface area contributed by atoms with E-state index in [9.17, 15) is 9.59 Å². The molecule has 0 aromatic rings. The van der Waals surface area contributed by atoms with Gasteiger partial charge in [0.15, 0.2) is 0 Å². The van der Waals surface area contributed by atoms with E-state index in [1.165, 1.54) is 6.42 Å². The van der Waals surface area contributed by atoms with Crippen molar-refractivity contribution < 1.29 is 9.59 Å². The molecule has 0 aliphatic carbocycles. The second kappa shape index (κ2) is 7.67. The number of carbonyl (C=O) groups excluding carboxylic acids is 2. The first-order valence-electron chi connectivity index (χ1n) is 10.0. The van der Waals surface area contributed by atoms with Crippen LogP contribution in [0.2, 0.25) is 0 Å². The predicted molar refractivity (Wildman–Crippen MR) is 102 cm³/mol. The molecule has 2 heterocycles. The Kier molecular flexibility index (Phi) is 6.22. The first kappa shape index (κ1) is 20.3. The van der Waals surface area contributed by atoms with Crippen LogP contribution in [0.15, 0.2) is 0 Å². The van der Waals surface area contributed by atoms with Gasteiger partial charge in [0, 0.05) is 39.5 Å². The molecule has 0 saturated carbocycles. The molecule has 4 heteroatoms. The number of hydrogen-bond acceptors (Lipinski definition) is 2. The van der Waals surface area contributed by atoms with E-state index in [1.54, 1.807) is 6.92 Å². The van der Waals surface area contributed by atoms with Crippen LogP contribution in [0.3, 0.4) is 0 Å². The molecular weight excluding hydrogens is 312 g/mol. The summed E-state index contributed by atoms with van der Waals surface area (Å²) in [5.41, 5.74) is 0.388. The maximum atomic E-state index is 12.7. The molecule has 2 aliphatic heterocycles. The molecule has 2 atom stereocenters. The Morgan fingerprint density at radius 3 is 2.12 bits per heavy atom. The maximum Gasteiger partial charge on any atom is 0.222 e. The highest BCUT2D eigenvalue weighted by atomic mass is 16.2. The van der Waals surface area contributed by atoms with Crippen LogP contribution in [-0.2, 0) is 9.59 Å². The van der Waals surface area contributed by atoms with Crippen LogP contribution in [-0.4, -0.2) is 47.8 Å². The molecule has 2 fully saturated rings. The van der Waals surface area contributed by atoms with Crippen molar-refractivity contribution in [3.8, 4) is 0 Å². The summed E-state index contributed by atoms with van der Waals surface area (Å²) in [4.78, 5) is 28.4. The molecule has 0 bridgehead atoms. The number of nitrogens with zero attached hydrogens (tertiary/aromatic N) is 2. The molecule has 0 aromatic heterocycles. The van der Waals surface area contributed by atoms with Gasteiger partial charge in [0.2, 0.25) is 11.8 Å². The summed E-state index contributed by atoms with van der Waals surface area (Å²) < 4.78 is 0. The third-order valence-electron chi connectivity index (χ3n) is 6.72. The van der Waals surface area contributed by atoms with E-state index in [4.69, 9.17) is 0 Å². The van der Waals surface area contributed by atoms with Crippen molar-refractivity contribution in [2.45, 2.75) is 73.6 Å². The van der Waals surface area contributed by atoms with E-state index < -0.39 is 0 Å². The van der Waals surface area contributed by atoms with Crippen LogP contribution in [0.1, 0.15) is 73.6 Å². The van der Waals surface area contributed by atoms with Gasteiger partial charge in [-0.15, -0.1) is 0 Å². The summed E-state index contributed by atoms with van der Waals surface area (Å²) in [5, 5.41) is 0. The number of likely N-dealkylation sites (tertiary alicyclic amines) is 2. The Morgan fingerprint density at radius 2 is 1.56 bits per heavy atom. The highest BCUT2D eigenvalue weighted by molar-refractivity contribution is 5.76. The zero-order valence-electron chi connectivity index (χ0n) is 17.2. The molecule has 25 heavy (non-hydrogen) atoms. The summed E-state index contributed by atoms with van der Waals surface area (Å²) in [6, 6.07) is 0. The van der Waals surface area contributed by atoms with Crippen molar-refractivity contribution in [3.05, 3.63) is 0 Å². The molecular formula is C21H38N2O2. The fourth-order valence-corrected chi connectivity index (χ4v) is 4.39. The average Bonchev–Trinajstić information content (AvgIpc) is 3.03. The molecule has 0 N–H and O–H groups in total. The molecule has 0 aromatic carbocycles. The van der Waals surface area contributed by atoms with E-state index in [0.29, 0.717) is 24.2 Å². The highest BCUT2D eigenvalue weighted by Crippen LogP contribution is 2.39. The fourth-order valence-electron chi connectivity index (χ4n) is 4.39. The Bertz CT molecular complexity index is 493. The minimum absolute atomic E-state index is 0.104. The second-order valence-corrected chi connectivity index (χ2v) is 9.98. The molecule has 2 saturated heterocycles. The van der Waals surface area contributed by atoms with Crippen LogP contribution < -0.4 is 0 Å². The normalized spacial score (nSPS) is 25.4. The van der Waals surface area contributed by atoms with E-state index in [0.717, 1.165) is 45.4 Å². The molecule has 2 amide bonds. The van der Waals surface area contributed by atoms with Gasteiger partial charge in [0.1, 0.15) is 0 Å². The van der Waals surface area contributed by atoms with Crippen molar-refractivity contribution >= 4 is 11.8 Å². The van der Waals surface area contributed by atoms with Crippen molar-refractivity contribution in [1.29, 1.82) is 0 Å². The molecule has 4 nitrogen and oxygen atoms in total. The summed E-state index contributed by atoms with van der Waals surface area (Å²) in [7, 11) is 0.